The molecule has 2 atom stereocenters. The summed E-state index contributed by atoms with van der Waals surface area (Å²) in [6.45, 7) is 3.53. The minimum absolute atomic E-state index is 0.00727. The van der Waals surface area contributed by atoms with Crippen molar-refractivity contribution in [1.82, 2.24) is 10.2 Å². The Bertz CT molecular complexity index is 464. The number of hydrogen-bond donors (Lipinski definition) is 2. The van der Waals surface area contributed by atoms with Crippen LogP contribution in [0.4, 0.5) is 0 Å². The first-order valence-electron chi connectivity index (χ1n) is 6.99. The number of rotatable bonds is 5. The second-order valence-corrected chi connectivity index (χ2v) is 5.09. The zero-order valence-corrected chi connectivity index (χ0v) is 12.0. The smallest absolute Gasteiger partial charge is 0.239 e. The van der Waals surface area contributed by atoms with Gasteiger partial charge in [0.1, 0.15) is 5.75 Å². The third-order valence-corrected chi connectivity index (χ3v) is 3.46. The molecule has 1 aliphatic heterocycles. The summed E-state index contributed by atoms with van der Waals surface area (Å²) in [7, 11) is 1.78. The minimum atomic E-state index is -0.423. The van der Waals surface area contributed by atoms with Crippen LogP contribution in [0.1, 0.15) is 18.9 Å². The van der Waals surface area contributed by atoms with Gasteiger partial charge in [0.2, 0.25) is 5.91 Å². The van der Waals surface area contributed by atoms with Gasteiger partial charge in [0.25, 0.3) is 0 Å². The zero-order valence-electron chi connectivity index (χ0n) is 12.0. The average Bonchev–Trinajstić information content (AvgIpc) is 2.87. The molecule has 1 saturated heterocycles. The molecule has 20 heavy (non-hydrogen) atoms. The van der Waals surface area contributed by atoms with Crippen LogP contribution in [0.2, 0.25) is 0 Å². The maximum Gasteiger partial charge on any atom is 0.239 e. The van der Waals surface area contributed by atoms with Crippen molar-refractivity contribution in [2.75, 3.05) is 20.2 Å². The third kappa shape index (κ3) is 3.49. The van der Waals surface area contributed by atoms with Crippen LogP contribution in [-0.2, 0) is 11.3 Å². The van der Waals surface area contributed by atoms with Gasteiger partial charge in [0, 0.05) is 25.7 Å². The lowest BCUT2D eigenvalue weighted by Gasteiger charge is -2.22. The summed E-state index contributed by atoms with van der Waals surface area (Å²) >= 11 is 0. The van der Waals surface area contributed by atoms with Gasteiger partial charge in [0.15, 0.2) is 0 Å². The molecule has 0 bridgehead atoms. The van der Waals surface area contributed by atoms with E-state index in [1.165, 1.54) is 0 Å². The van der Waals surface area contributed by atoms with Crippen LogP contribution in [0.5, 0.6) is 5.75 Å². The normalized spacial score (nSPS) is 21.8. The number of aliphatic hydroxyl groups is 1. The highest BCUT2D eigenvalue weighted by Gasteiger charge is 2.30. The number of nitrogens with zero attached hydrogens (tertiary/aromatic N) is 1. The summed E-state index contributed by atoms with van der Waals surface area (Å²) in [5.74, 6) is 0.821. The van der Waals surface area contributed by atoms with Crippen LogP contribution < -0.4 is 10.1 Å². The summed E-state index contributed by atoms with van der Waals surface area (Å²) in [6, 6.07) is 7.45. The molecule has 0 aromatic heterocycles. The highest BCUT2D eigenvalue weighted by Crippen LogP contribution is 2.20. The Morgan fingerprint density at radius 3 is 2.90 bits per heavy atom. The lowest BCUT2D eigenvalue weighted by Crippen LogP contribution is -2.41. The van der Waals surface area contributed by atoms with E-state index in [0.717, 1.165) is 11.3 Å². The predicted molar refractivity (Wildman–Crippen MR) is 76.5 cm³/mol. The van der Waals surface area contributed by atoms with Crippen LogP contribution in [0.25, 0.3) is 0 Å². The first-order chi connectivity index (χ1) is 9.61. The molecular weight excluding hydrogens is 256 g/mol. The van der Waals surface area contributed by atoms with Crippen molar-refractivity contribution in [3.05, 3.63) is 29.8 Å². The molecule has 2 rings (SSSR count). The molecule has 0 aliphatic carbocycles. The second-order valence-electron chi connectivity index (χ2n) is 5.09. The summed E-state index contributed by atoms with van der Waals surface area (Å²) in [4.78, 5) is 14.0. The van der Waals surface area contributed by atoms with Gasteiger partial charge < -0.3 is 20.1 Å². The van der Waals surface area contributed by atoms with Crippen LogP contribution in [0.15, 0.2) is 24.3 Å². The van der Waals surface area contributed by atoms with Gasteiger partial charge in [-0.05, 0) is 19.4 Å². The van der Waals surface area contributed by atoms with Crippen molar-refractivity contribution in [3.8, 4) is 5.75 Å². The molecule has 1 aliphatic rings. The summed E-state index contributed by atoms with van der Waals surface area (Å²) in [5.41, 5.74) is 0.990. The number of likely N-dealkylation sites (N-methyl/N-ethyl adjacent to an activating group) is 1. The Balaban J connectivity index is 2.00. The summed E-state index contributed by atoms with van der Waals surface area (Å²) in [6.07, 6.45) is 0.0593. The van der Waals surface area contributed by atoms with E-state index < -0.39 is 6.10 Å². The van der Waals surface area contributed by atoms with Crippen LogP contribution >= 0.6 is 0 Å². The molecule has 0 spiro atoms. The molecule has 5 nitrogen and oxygen atoms in total. The average molecular weight is 278 g/mol. The van der Waals surface area contributed by atoms with Crippen LogP contribution in [0, 0.1) is 0 Å². The van der Waals surface area contributed by atoms with E-state index >= 15 is 0 Å². The van der Waals surface area contributed by atoms with Gasteiger partial charge in [-0.2, -0.15) is 0 Å². The molecule has 110 valence electrons. The van der Waals surface area contributed by atoms with Gasteiger partial charge in [-0.3, -0.25) is 4.79 Å². The number of carbonyl (C=O) groups is 1. The Labute approximate surface area is 119 Å². The molecule has 1 heterocycles. The van der Waals surface area contributed by atoms with Crippen molar-refractivity contribution >= 4 is 5.91 Å². The number of amides is 1. The summed E-state index contributed by atoms with van der Waals surface area (Å²) < 4.78 is 5.57. The van der Waals surface area contributed by atoms with Crippen molar-refractivity contribution < 1.29 is 14.6 Å². The monoisotopic (exact) mass is 278 g/mol. The van der Waals surface area contributed by atoms with E-state index in [0.29, 0.717) is 26.1 Å². The van der Waals surface area contributed by atoms with Gasteiger partial charge >= 0.3 is 0 Å². The van der Waals surface area contributed by atoms with E-state index in [2.05, 4.69) is 5.32 Å². The molecule has 1 fully saturated rings. The highest BCUT2D eigenvalue weighted by atomic mass is 16.5. The molecule has 0 radical (unpaired) electrons. The Morgan fingerprint density at radius 1 is 1.50 bits per heavy atom. The quantitative estimate of drug-likeness (QED) is 0.835. The Hall–Kier alpha value is -1.59. The standard InChI is InChI=1S/C15H22N2O3/c1-3-20-14-7-5-4-6-11(14)10-17(2)15(19)13-8-12(18)9-16-13/h4-7,12-13,16,18H,3,8-10H2,1-2H3/t12-,13+/m1/s1. The first-order valence-corrected chi connectivity index (χ1v) is 6.99. The third-order valence-electron chi connectivity index (χ3n) is 3.46. The van der Waals surface area contributed by atoms with Crippen LogP contribution in [-0.4, -0.2) is 48.3 Å². The second kappa shape index (κ2) is 6.72. The maximum absolute atomic E-state index is 12.3. The van der Waals surface area contributed by atoms with Crippen molar-refractivity contribution in [1.29, 1.82) is 0 Å². The number of para-hydroxylation sites is 1. The number of carbonyl (C=O) groups excluding carboxylic acids is 1. The predicted octanol–water partition coefficient (Wildman–Crippen LogP) is 0.766. The van der Waals surface area contributed by atoms with E-state index in [-0.39, 0.29) is 11.9 Å². The van der Waals surface area contributed by atoms with Gasteiger partial charge in [0.05, 0.1) is 18.8 Å². The lowest BCUT2D eigenvalue weighted by molar-refractivity contribution is -0.132. The fraction of sp³-hybridized carbons (Fsp3) is 0.533. The number of benzene rings is 1. The molecule has 2 N–H and O–H groups in total. The van der Waals surface area contributed by atoms with Crippen molar-refractivity contribution in [3.63, 3.8) is 0 Å². The van der Waals surface area contributed by atoms with Crippen molar-refractivity contribution in [2.45, 2.75) is 32.0 Å². The van der Waals surface area contributed by atoms with E-state index in [9.17, 15) is 9.90 Å². The fourth-order valence-electron chi connectivity index (χ4n) is 2.44. The molecule has 0 unspecified atom stereocenters. The largest absolute Gasteiger partial charge is 0.494 e. The van der Waals surface area contributed by atoms with Crippen molar-refractivity contribution in [2.24, 2.45) is 0 Å². The Morgan fingerprint density at radius 2 is 2.25 bits per heavy atom. The molecule has 1 aromatic rings. The summed E-state index contributed by atoms with van der Waals surface area (Å²) in [5, 5.41) is 12.5. The highest BCUT2D eigenvalue weighted by molar-refractivity contribution is 5.82. The van der Waals surface area contributed by atoms with E-state index in [1.807, 2.05) is 31.2 Å². The molecule has 5 heteroatoms. The number of ether oxygens (including phenoxy) is 1. The zero-order chi connectivity index (χ0) is 14.5. The first kappa shape index (κ1) is 14.8. The number of nitrogens with one attached hydrogen (secondary N) is 1. The molecule has 1 aromatic carbocycles. The topological polar surface area (TPSA) is 61.8 Å². The van der Waals surface area contributed by atoms with Crippen LogP contribution in [0.3, 0.4) is 0 Å². The number of β-amino-alcohol motifs (C(OH)–C–C–N with tert-alkyl or cyclic N) is 1. The Kier molecular flexibility index (Phi) is 4.98. The molecular formula is C15H22N2O3. The van der Waals surface area contributed by atoms with Gasteiger partial charge in [-0.25, -0.2) is 0 Å². The van der Waals surface area contributed by atoms with E-state index in [1.54, 1.807) is 11.9 Å². The minimum Gasteiger partial charge on any atom is -0.494 e. The molecule has 0 saturated carbocycles. The fourth-order valence-corrected chi connectivity index (χ4v) is 2.44. The number of hydrogen-bond acceptors (Lipinski definition) is 4. The molecule has 1 amide bonds. The SMILES string of the molecule is CCOc1ccccc1CN(C)C(=O)[C@@H]1C[C@@H](O)CN1. The maximum atomic E-state index is 12.3. The van der Waals surface area contributed by atoms with E-state index in [4.69, 9.17) is 4.74 Å². The van der Waals surface area contributed by atoms with Gasteiger partial charge in [-0.1, -0.05) is 18.2 Å². The van der Waals surface area contributed by atoms with Gasteiger partial charge in [-0.15, -0.1) is 0 Å². The number of aliphatic hydroxyl groups excluding tert-OH is 1. The lowest BCUT2D eigenvalue weighted by atomic mass is 10.1.